The molecule has 0 aliphatic carbocycles. The summed E-state index contributed by atoms with van der Waals surface area (Å²) < 4.78 is 5.25. The number of carbonyl (C=O) groups excluding carboxylic acids is 1. The normalized spacial score (nSPS) is 12.6. The van der Waals surface area contributed by atoms with Crippen LogP contribution in [0.3, 0.4) is 0 Å². The Morgan fingerprint density at radius 1 is 1.41 bits per heavy atom. The molecule has 3 nitrogen and oxygen atoms in total. The Hall–Kier alpha value is -1.03. The van der Waals surface area contributed by atoms with E-state index in [0.717, 1.165) is 10.8 Å². The number of nitrogens with zero attached hydrogens (tertiary/aromatic N) is 1. The van der Waals surface area contributed by atoms with Crippen molar-refractivity contribution in [2.75, 3.05) is 18.6 Å². The highest BCUT2D eigenvalue weighted by Gasteiger charge is 2.23. The van der Waals surface area contributed by atoms with E-state index in [4.69, 9.17) is 4.74 Å². The maximum atomic E-state index is 11.2. The van der Waals surface area contributed by atoms with Gasteiger partial charge >= 0.3 is 0 Å². The lowest BCUT2D eigenvalue weighted by Crippen LogP contribution is -2.34. The average molecular weight is 257 g/mol. The average Bonchev–Trinajstić information content (AvgIpc) is 2.69. The Labute approximate surface area is 108 Å². The van der Waals surface area contributed by atoms with Crippen LogP contribution in [0.5, 0.6) is 5.75 Å². The van der Waals surface area contributed by atoms with Crippen molar-refractivity contribution >= 4 is 22.2 Å². The number of carbonyl (C=O) groups is 1. The molecule has 98 valence electrons. The summed E-state index contributed by atoms with van der Waals surface area (Å²) in [7, 11) is 1.78. The van der Waals surface area contributed by atoms with Gasteiger partial charge in [0.25, 0.3) is 5.91 Å². The van der Waals surface area contributed by atoms with Crippen LogP contribution in [-0.2, 0) is 4.79 Å². The van der Waals surface area contributed by atoms with Gasteiger partial charge in [-0.05, 0) is 13.0 Å². The summed E-state index contributed by atoms with van der Waals surface area (Å²) in [4.78, 5) is 14.0. The molecular formula is C13H23NO2S. The molecule has 2 rings (SSSR count). The molecule has 4 heteroatoms. The lowest BCUT2D eigenvalue weighted by Gasteiger charge is -2.22. The molecule has 0 saturated heterocycles. The molecule has 0 fully saturated rings. The van der Waals surface area contributed by atoms with Crippen molar-refractivity contribution in [1.29, 1.82) is 0 Å². The Kier molecular flexibility index (Phi) is 7.63. The summed E-state index contributed by atoms with van der Waals surface area (Å²) in [5.41, 5.74) is 0. The van der Waals surface area contributed by atoms with E-state index >= 15 is 0 Å². The first-order chi connectivity index (χ1) is 8.10. The Morgan fingerprint density at radius 2 is 1.94 bits per heavy atom. The minimum atomic E-state index is 0.0179. The molecule has 0 bridgehead atoms. The van der Waals surface area contributed by atoms with Crippen LogP contribution in [0.25, 0.3) is 0 Å². The zero-order valence-electron chi connectivity index (χ0n) is 11.7. The fourth-order valence-electron chi connectivity index (χ4n) is 1.17. The molecule has 0 unspecified atom stereocenters. The number of amides is 1. The largest absolute Gasteiger partial charge is 0.481 e. The number of hydrogen-bond acceptors (Lipinski definition) is 3. The molecule has 0 saturated carbocycles. The topological polar surface area (TPSA) is 29.5 Å². The van der Waals surface area contributed by atoms with Crippen LogP contribution in [0.2, 0.25) is 0 Å². The van der Waals surface area contributed by atoms with Crippen LogP contribution in [0.15, 0.2) is 6.07 Å². The third kappa shape index (κ3) is 4.38. The van der Waals surface area contributed by atoms with Crippen molar-refractivity contribution in [2.24, 2.45) is 0 Å². The molecule has 1 aromatic rings. The lowest BCUT2D eigenvalue weighted by molar-refractivity contribution is -0.120. The van der Waals surface area contributed by atoms with E-state index in [1.807, 2.05) is 26.8 Å². The van der Waals surface area contributed by atoms with Crippen LogP contribution in [-0.4, -0.2) is 19.6 Å². The first-order valence-electron chi connectivity index (χ1n) is 6.09. The molecule has 1 aliphatic rings. The van der Waals surface area contributed by atoms with Gasteiger partial charge in [-0.2, -0.15) is 0 Å². The highest BCUT2D eigenvalue weighted by atomic mass is 32.1. The molecule has 0 N–H and O–H groups in total. The van der Waals surface area contributed by atoms with Gasteiger partial charge in [-0.3, -0.25) is 4.79 Å². The molecular weight excluding hydrogens is 234 g/mol. The summed E-state index contributed by atoms with van der Waals surface area (Å²) in [5, 5.41) is 0.920. The van der Waals surface area contributed by atoms with Crippen LogP contribution in [0.4, 0.5) is 5.00 Å². The van der Waals surface area contributed by atoms with Gasteiger partial charge in [-0.1, -0.05) is 34.1 Å². The second kappa shape index (κ2) is 8.12. The SMILES string of the molecule is CC.CCC.Cc1cc2c(s1)N(C)C(=O)CO2. The van der Waals surface area contributed by atoms with Crippen LogP contribution in [0.1, 0.15) is 39.0 Å². The summed E-state index contributed by atoms with van der Waals surface area (Å²) in [6, 6.07) is 1.96. The fourth-order valence-corrected chi connectivity index (χ4v) is 2.09. The maximum absolute atomic E-state index is 11.2. The molecule has 17 heavy (non-hydrogen) atoms. The van der Waals surface area contributed by atoms with E-state index in [2.05, 4.69) is 13.8 Å². The van der Waals surface area contributed by atoms with E-state index in [-0.39, 0.29) is 12.5 Å². The van der Waals surface area contributed by atoms with Crippen molar-refractivity contribution < 1.29 is 9.53 Å². The summed E-state index contributed by atoms with van der Waals surface area (Å²) in [5.74, 6) is 0.851. The maximum Gasteiger partial charge on any atom is 0.265 e. The lowest BCUT2D eigenvalue weighted by atomic mass is 10.4. The number of likely N-dealkylation sites (N-methyl/N-ethyl adjacent to an activating group) is 1. The Morgan fingerprint density at radius 3 is 2.47 bits per heavy atom. The summed E-state index contributed by atoms with van der Waals surface area (Å²) in [6.07, 6.45) is 1.25. The molecule has 1 aromatic heterocycles. The van der Waals surface area contributed by atoms with Crippen molar-refractivity contribution in [3.05, 3.63) is 10.9 Å². The standard InChI is InChI=1S/C8H9NO2S.C3H8.C2H6/c1-5-3-6-8(12-5)9(2)7(10)4-11-6;1-3-2;1-2/h3H,4H2,1-2H3;3H2,1-2H3;1-2H3. The number of aryl methyl sites for hydroxylation is 1. The first-order valence-corrected chi connectivity index (χ1v) is 6.91. The predicted molar refractivity (Wildman–Crippen MR) is 75.3 cm³/mol. The van der Waals surface area contributed by atoms with Crippen molar-refractivity contribution in [3.8, 4) is 5.75 Å². The van der Waals surface area contributed by atoms with Crippen LogP contribution >= 0.6 is 11.3 Å². The minimum Gasteiger partial charge on any atom is -0.481 e. The third-order valence-corrected chi connectivity index (χ3v) is 2.94. The molecule has 0 radical (unpaired) electrons. The monoisotopic (exact) mass is 257 g/mol. The van der Waals surface area contributed by atoms with Gasteiger partial charge in [0.1, 0.15) is 5.00 Å². The molecule has 0 spiro atoms. The van der Waals surface area contributed by atoms with Gasteiger partial charge in [-0.15, -0.1) is 11.3 Å². The molecule has 1 aliphatic heterocycles. The zero-order chi connectivity index (χ0) is 13.4. The summed E-state index contributed by atoms with van der Waals surface area (Å²) in [6.45, 7) is 10.4. The molecule has 0 aromatic carbocycles. The van der Waals surface area contributed by atoms with Gasteiger partial charge in [0.05, 0.1) is 0 Å². The quantitative estimate of drug-likeness (QED) is 0.706. The number of anilines is 1. The van der Waals surface area contributed by atoms with Gasteiger partial charge in [0.2, 0.25) is 0 Å². The van der Waals surface area contributed by atoms with Crippen molar-refractivity contribution in [3.63, 3.8) is 0 Å². The van der Waals surface area contributed by atoms with E-state index in [9.17, 15) is 4.79 Å². The van der Waals surface area contributed by atoms with Gasteiger partial charge in [0.15, 0.2) is 12.4 Å². The van der Waals surface area contributed by atoms with E-state index in [0.29, 0.717) is 0 Å². The summed E-state index contributed by atoms with van der Waals surface area (Å²) >= 11 is 1.58. The number of hydrogen-bond donors (Lipinski definition) is 0. The fraction of sp³-hybridized carbons (Fsp3) is 0.615. The number of fused-ring (bicyclic) bond motifs is 1. The molecule has 1 amide bonds. The minimum absolute atomic E-state index is 0.0179. The van der Waals surface area contributed by atoms with Crippen LogP contribution in [0, 0.1) is 6.92 Å². The van der Waals surface area contributed by atoms with Crippen molar-refractivity contribution in [2.45, 2.75) is 41.0 Å². The van der Waals surface area contributed by atoms with E-state index in [1.54, 1.807) is 23.3 Å². The first kappa shape index (κ1) is 16.0. The highest BCUT2D eigenvalue weighted by molar-refractivity contribution is 7.16. The number of thiophene rings is 1. The number of rotatable bonds is 0. The third-order valence-electron chi connectivity index (χ3n) is 1.83. The van der Waals surface area contributed by atoms with Crippen molar-refractivity contribution in [1.82, 2.24) is 0 Å². The molecule has 0 atom stereocenters. The second-order valence-electron chi connectivity index (χ2n) is 3.47. The van der Waals surface area contributed by atoms with E-state index < -0.39 is 0 Å². The Bertz CT molecular complexity index is 347. The van der Waals surface area contributed by atoms with E-state index in [1.165, 1.54) is 11.3 Å². The Balaban J connectivity index is 0.000000450. The second-order valence-corrected chi connectivity index (χ2v) is 4.71. The number of ether oxygens (including phenoxy) is 1. The smallest absolute Gasteiger partial charge is 0.265 e. The van der Waals surface area contributed by atoms with Gasteiger partial charge in [-0.25, -0.2) is 0 Å². The van der Waals surface area contributed by atoms with Gasteiger partial charge in [0, 0.05) is 11.9 Å². The predicted octanol–water partition coefficient (Wildman–Crippen LogP) is 3.85. The zero-order valence-corrected chi connectivity index (χ0v) is 12.5. The highest BCUT2D eigenvalue weighted by Crippen LogP contribution is 2.39. The van der Waals surface area contributed by atoms with Gasteiger partial charge < -0.3 is 9.64 Å². The molecule has 2 heterocycles. The van der Waals surface area contributed by atoms with Crippen LogP contribution < -0.4 is 9.64 Å².